The maximum Gasteiger partial charge on any atom is 0.273 e. The summed E-state index contributed by atoms with van der Waals surface area (Å²) in [6.45, 7) is 4.28. The summed E-state index contributed by atoms with van der Waals surface area (Å²) in [6.07, 6.45) is 1.38. The highest BCUT2D eigenvalue weighted by atomic mass is 19.1. The van der Waals surface area contributed by atoms with Crippen molar-refractivity contribution in [2.24, 2.45) is 0 Å². The number of hydrogen-bond acceptors (Lipinski definition) is 4. The number of halogens is 1. The average Bonchev–Trinajstić information content (AvgIpc) is 3.28. The largest absolute Gasteiger partial charge is 0.447 e. The SMILES string of the molecule is Cc1cccc(CN(Cc2ccccc2)Cc2nc(C(=O)NCc3ccc(F)cc3)co2)c1. The van der Waals surface area contributed by atoms with Crippen molar-refractivity contribution in [3.8, 4) is 0 Å². The van der Waals surface area contributed by atoms with Gasteiger partial charge < -0.3 is 9.73 Å². The molecule has 0 unspecified atom stereocenters. The van der Waals surface area contributed by atoms with Gasteiger partial charge in [0, 0.05) is 19.6 Å². The third-order valence-electron chi connectivity index (χ3n) is 5.25. The van der Waals surface area contributed by atoms with E-state index < -0.39 is 0 Å². The zero-order chi connectivity index (χ0) is 23.0. The van der Waals surface area contributed by atoms with Gasteiger partial charge in [-0.05, 0) is 35.7 Å². The van der Waals surface area contributed by atoms with Crippen LogP contribution in [0.25, 0.3) is 0 Å². The van der Waals surface area contributed by atoms with Crippen molar-refractivity contribution >= 4 is 5.91 Å². The molecule has 1 N–H and O–H groups in total. The molecule has 4 rings (SSSR count). The normalized spacial score (nSPS) is 11.0. The minimum absolute atomic E-state index is 0.224. The van der Waals surface area contributed by atoms with Crippen molar-refractivity contribution in [2.75, 3.05) is 0 Å². The third-order valence-corrected chi connectivity index (χ3v) is 5.25. The molecule has 168 valence electrons. The van der Waals surface area contributed by atoms with Gasteiger partial charge in [-0.3, -0.25) is 9.69 Å². The van der Waals surface area contributed by atoms with Crippen LogP contribution in [0, 0.1) is 12.7 Å². The number of amides is 1. The molecule has 0 aliphatic rings. The molecule has 0 saturated heterocycles. The van der Waals surface area contributed by atoms with E-state index in [9.17, 15) is 9.18 Å². The summed E-state index contributed by atoms with van der Waals surface area (Å²) in [7, 11) is 0. The van der Waals surface area contributed by atoms with Crippen molar-refractivity contribution < 1.29 is 13.6 Å². The number of nitrogens with one attached hydrogen (secondary N) is 1. The number of carbonyl (C=O) groups excluding carboxylic acids is 1. The Morgan fingerprint density at radius 3 is 2.39 bits per heavy atom. The van der Waals surface area contributed by atoms with Crippen LogP contribution in [0.15, 0.2) is 89.5 Å². The van der Waals surface area contributed by atoms with Crippen molar-refractivity contribution in [1.82, 2.24) is 15.2 Å². The van der Waals surface area contributed by atoms with E-state index in [1.54, 1.807) is 12.1 Å². The van der Waals surface area contributed by atoms with Crippen LogP contribution in [0.1, 0.15) is 38.6 Å². The first kappa shape index (κ1) is 22.4. The van der Waals surface area contributed by atoms with Gasteiger partial charge in [0.15, 0.2) is 5.69 Å². The molecular formula is C27H26FN3O2. The summed E-state index contributed by atoms with van der Waals surface area (Å²) in [5.41, 5.74) is 4.63. The van der Waals surface area contributed by atoms with Crippen LogP contribution in [-0.4, -0.2) is 15.8 Å². The summed E-state index contributed by atoms with van der Waals surface area (Å²) in [4.78, 5) is 19.1. The fourth-order valence-corrected chi connectivity index (χ4v) is 3.63. The van der Waals surface area contributed by atoms with Gasteiger partial charge in [-0.25, -0.2) is 9.37 Å². The summed E-state index contributed by atoms with van der Waals surface area (Å²) >= 11 is 0. The molecule has 0 bridgehead atoms. The smallest absolute Gasteiger partial charge is 0.273 e. The van der Waals surface area contributed by atoms with Crippen molar-refractivity contribution in [3.63, 3.8) is 0 Å². The van der Waals surface area contributed by atoms with Crippen molar-refractivity contribution in [1.29, 1.82) is 0 Å². The molecule has 1 amide bonds. The highest BCUT2D eigenvalue weighted by Crippen LogP contribution is 2.15. The second kappa shape index (κ2) is 10.7. The summed E-state index contributed by atoms with van der Waals surface area (Å²) in [5.74, 6) is -0.162. The lowest BCUT2D eigenvalue weighted by atomic mass is 10.1. The van der Waals surface area contributed by atoms with Crippen LogP contribution in [0.4, 0.5) is 4.39 Å². The monoisotopic (exact) mass is 443 g/mol. The molecule has 3 aromatic carbocycles. The lowest BCUT2D eigenvalue weighted by Gasteiger charge is -2.21. The van der Waals surface area contributed by atoms with Crippen LogP contribution in [0.2, 0.25) is 0 Å². The molecule has 0 aliphatic carbocycles. The summed E-state index contributed by atoms with van der Waals surface area (Å²) in [6, 6.07) is 24.6. The number of benzene rings is 3. The van der Waals surface area contributed by atoms with Gasteiger partial charge in [0.05, 0.1) is 6.54 Å². The molecule has 0 atom stereocenters. The molecule has 6 heteroatoms. The lowest BCUT2D eigenvalue weighted by molar-refractivity contribution is 0.0945. The molecule has 0 saturated carbocycles. The van der Waals surface area contributed by atoms with E-state index in [2.05, 4.69) is 58.5 Å². The number of oxazole rings is 1. The van der Waals surface area contributed by atoms with E-state index in [0.717, 1.165) is 18.7 Å². The second-order valence-electron chi connectivity index (χ2n) is 8.06. The van der Waals surface area contributed by atoms with Crippen molar-refractivity contribution in [3.05, 3.63) is 125 Å². The lowest BCUT2D eigenvalue weighted by Crippen LogP contribution is -2.24. The van der Waals surface area contributed by atoms with E-state index in [-0.39, 0.29) is 24.0 Å². The zero-order valence-corrected chi connectivity index (χ0v) is 18.5. The first-order valence-corrected chi connectivity index (χ1v) is 10.8. The van der Waals surface area contributed by atoms with E-state index in [0.29, 0.717) is 12.4 Å². The van der Waals surface area contributed by atoms with Gasteiger partial charge in [0.25, 0.3) is 5.91 Å². The Morgan fingerprint density at radius 1 is 0.909 bits per heavy atom. The minimum Gasteiger partial charge on any atom is -0.447 e. The fraction of sp³-hybridized carbons (Fsp3) is 0.185. The number of nitrogens with zero attached hydrogens (tertiary/aromatic N) is 2. The molecule has 1 heterocycles. The number of aryl methyl sites for hydroxylation is 1. The highest BCUT2D eigenvalue weighted by Gasteiger charge is 2.16. The third kappa shape index (κ3) is 6.60. The predicted molar refractivity (Wildman–Crippen MR) is 125 cm³/mol. The van der Waals surface area contributed by atoms with Gasteiger partial charge in [0.2, 0.25) is 5.89 Å². The fourth-order valence-electron chi connectivity index (χ4n) is 3.63. The van der Waals surface area contributed by atoms with E-state index in [4.69, 9.17) is 4.42 Å². The topological polar surface area (TPSA) is 58.4 Å². The molecule has 33 heavy (non-hydrogen) atoms. The Hall–Kier alpha value is -3.77. The maximum absolute atomic E-state index is 13.0. The Bertz CT molecular complexity index is 1190. The number of hydrogen-bond donors (Lipinski definition) is 1. The first-order valence-electron chi connectivity index (χ1n) is 10.8. The second-order valence-corrected chi connectivity index (χ2v) is 8.06. The molecule has 5 nitrogen and oxygen atoms in total. The van der Waals surface area contributed by atoms with Crippen LogP contribution in [0.3, 0.4) is 0 Å². The molecule has 1 aromatic heterocycles. The molecule has 0 radical (unpaired) electrons. The van der Waals surface area contributed by atoms with E-state index >= 15 is 0 Å². The van der Waals surface area contributed by atoms with E-state index in [1.165, 1.54) is 35.1 Å². The van der Waals surface area contributed by atoms with E-state index in [1.807, 2.05) is 18.2 Å². The Morgan fingerprint density at radius 2 is 1.64 bits per heavy atom. The number of rotatable bonds is 9. The highest BCUT2D eigenvalue weighted by molar-refractivity contribution is 5.91. The Labute approximate surface area is 192 Å². The first-order chi connectivity index (χ1) is 16.0. The quantitative estimate of drug-likeness (QED) is 0.384. The average molecular weight is 444 g/mol. The van der Waals surface area contributed by atoms with Crippen LogP contribution in [-0.2, 0) is 26.2 Å². The molecule has 0 fully saturated rings. The van der Waals surface area contributed by atoms with Crippen LogP contribution in [0.5, 0.6) is 0 Å². The van der Waals surface area contributed by atoms with Gasteiger partial charge >= 0.3 is 0 Å². The minimum atomic E-state index is -0.331. The van der Waals surface area contributed by atoms with Crippen LogP contribution >= 0.6 is 0 Å². The maximum atomic E-state index is 13.0. The van der Waals surface area contributed by atoms with Gasteiger partial charge in [0.1, 0.15) is 12.1 Å². The molecule has 0 aliphatic heterocycles. The van der Waals surface area contributed by atoms with Crippen molar-refractivity contribution in [2.45, 2.75) is 33.1 Å². The predicted octanol–water partition coefficient (Wildman–Crippen LogP) is 5.25. The number of aromatic nitrogens is 1. The number of carbonyl (C=O) groups is 1. The van der Waals surface area contributed by atoms with Gasteiger partial charge in [-0.15, -0.1) is 0 Å². The zero-order valence-electron chi connectivity index (χ0n) is 18.5. The molecule has 0 spiro atoms. The Balaban J connectivity index is 1.42. The molecule has 4 aromatic rings. The van der Waals surface area contributed by atoms with Gasteiger partial charge in [-0.2, -0.15) is 0 Å². The van der Waals surface area contributed by atoms with Gasteiger partial charge in [-0.1, -0.05) is 72.3 Å². The summed E-state index contributed by atoms with van der Waals surface area (Å²) < 4.78 is 18.7. The van der Waals surface area contributed by atoms with Crippen LogP contribution < -0.4 is 5.32 Å². The Kier molecular flexibility index (Phi) is 7.27. The standard InChI is InChI=1S/C27H26FN3O2/c1-20-6-5-9-23(14-20)17-31(16-22-7-3-2-4-8-22)18-26-30-25(19-33-26)27(32)29-15-21-10-12-24(28)13-11-21/h2-14,19H,15-18H2,1H3,(H,29,32). The summed E-state index contributed by atoms with van der Waals surface area (Å²) in [5, 5.41) is 2.79. The molecular weight excluding hydrogens is 417 g/mol.